The maximum atomic E-state index is 12.3. The first-order chi connectivity index (χ1) is 15.7. The summed E-state index contributed by atoms with van der Waals surface area (Å²) in [7, 11) is 0. The summed E-state index contributed by atoms with van der Waals surface area (Å²) in [5.41, 5.74) is -3.35. The van der Waals surface area contributed by atoms with Gasteiger partial charge in [-0.1, -0.05) is 32.9 Å². The van der Waals surface area contributed by atoms with Gasteiger partial charge in [-0.2, -0.15) is 0 Å². The van der Waals surface area contributed by atoms with Crippen molar-refractivity contribution in [3.63, 3.8) is 0 Å². The van der Waals surface area contributed by atoms with E-state index in [0.29, 0.717) is 12.8 Å². The fourth-order valence-electron chi connectivity index (χ4n) is 9.16. The number of allylic oxidation sites excluding steroid dienone is 1. The van der Waals surface area contributed by atoms with Crippen molar-refractivity contribution in [2.45, 2.75) is 108 Å². The SMILES string of the molecule is CC(C=CCC(C)(O)CO)C1C(O)C(O)C2C1(C)CCC1C3(C)CCC(O)CC3C(O)CC12O. The number of rotatable bonds is 5. The third kappa shape index (κ3) is 3.90. The molecular formula is C27H46O7. The van der Waals surface area contributed by atoms with Gasteiger partial charge in [0.15, 0.2) is 0 Å². The topological polar surface area (TPSA) is 142 Å². The van der Waals surface area contributed by atoms with Crippen LogP contribution >= 0.6 is 0 Å². The summed E-state index contributed by atoms with van der Waals surface area (Å²) in [4.78, 5) is 0. The van der Waals surface area contributed by atoms with Crippen molar-refractivity contribution in [2.75, 3.05) is 6.61 Å². The van der Waals surface area contributed by atoms with Crippen LogP contribution < -0.4 is 0 Å². The molecule has 13 unspecified atom stereocenters. The molecule has 0 aromatic heterocycles. The molecule has 7 nitrogen and oxygen atoms in total. The van der Waals surface area contributed by atoms with Crippen molar-refractivity contribution in [2.24, 2.45) is 40.4 Å². The predicted octanol–water partition coefficient (Wildman–Crippen LogP) is 1.36. The van der Waals surface area contributed by atoms with Crippen LogP contribution in [0.1, 0.15) is 72.6 Å². The van der Waals surface area contributed by atoms with E-state index in [9.17, 15) is 35.7 Å². The third-order valence-electron chi connectivity index (χ3n) is 10.7. The number of hydrogen-bond donors (Lipinski definition) is 7. The van der Waals surface area contributed by atoms with E-state index in [1.165, 1.54) is 0 Å². The Bertz CT molecular complexity index is 785. The first-order valence-electron chi connectivity index (χ1n) is 13.2. The van der Waals surface area contributed by atoms with Crippen LogP contribution in [0.4, 0.5) is 0 Å². The minimum absolute atomic E-state index is 0.0775. The molecule has 4 aliphatic carbocycles. The summed E-state index contributed by atoms with van der Waals surface area (Å²) < 4.78 is 0. The predicted molar refractivity (Wildman–Crippen MR) is 127 cm³/mol. The second kappa shape index (κ2) is 8.79. The third-order valence-corrected chi connectivity index (χ3v) is 10.7. The van der Waals surface area contributed by atoms with E-state index in [4.69, 9.17) is 0 Å². The van der Waals surface area contributed by atoms with Crippen molar-refractivity contribution < 1.29 is 35.7 Å². The average molecular weight is 483 g/mol. The van der Waals surface area contributed by atoms with E-state index < -0.39 is 47.0 Å². The zero-order valence-corrected chi connectivity index (χ0v) is 21.1. The van der Waals surface area contributed by atoms with Crippen LogP contribution in [0, 0.1) is 40.4 Å². The second-order valence-corrected chi connectivity index (χ2v) is 13.0. The van der Waals surface area contributed by atoms with E-state index in [0.717, 1.165) is 19.3 Å². The van der Waals surface area contributed by atoms with Gasteiger partial charge in [-0.05, 0) is 80.0 Å². The van der Waals surface area contributed by atoms with Gasteiger partial charge in [-0.15, -0.1) is 0 Å². The normalized spacial score (nSPS) is 53.6. The molecule has 4 fully saturated rings. The zero-order chi connectivity index (χ0) is 25.3. The average Bonchev–Trinajstić information content (AvgIpc) is 2.95. The Morgan fingerprint density at radius 3 is 2.32 bits per heavy atom. The molecule has 4 saturated carbocycles. The molecule has 0 aromatic carbocycles. The quantitative estimate of drug-likeness (QED) is 0.293. The summed E-state index contributed by atoms with van der Waals surface area (Å²) in [6.07, 6.45) is 4.35. The van der Waals surface area contributed by atoms with E-state index in [2.05, 4.69) is 13.8 Å². The van der Waals surface area contributed by atoms with Crippen molar-refractivity contribution in [3.05, 3.63) is 12.2 Å². The molecule has 0 amide bonds. The summed E-state index contributed by atoms with van der Waals surface area (Å²) >= 11 is 0. The highest BCUT2D eigenvalue weighted by Gasteiger charge is 2.72. The van der Waals surface area contributed by atoms with Crippen LogP contribution in [-0.4, -0.2) is 78.0 Å². The lowest BCUT2D eigenvalue weighted by atomic mass is 9.42. The zero-order valence-electron chi connectivity index (χ0n) is 21.1. The summed E-state index contributed by atoms with van der Waals surface area (Å²) in [5.74, 6) is -1.15. The number of aliphatic hydroxyl groups is 7. The van der Waals surface area contributed by atoms with Crippen molar-refractivity contribution in [3.8, 4) is 0 Å². The van der Waals surface area contributed by atoms with Crippen molar-refractivity contribution in [1.82, 2.24) is 0 Å². The first kappa shape index (κ1) is 26.5. The summed E-state index contributed by atoms with van der Waals surface area (Å²) in [6, 6.07) is 0. The fourth-order valence-corrected chi connectivity index (χ4v) is 9.16. The van der Waals surface area contributed by atoms with E-state index >= 15 is 0 Å². The van der Waals surface area contributed by atoms with Crippen LogP contribution in [0.2, 0.25) is 0 Å². The van der Waals surface area contributed by atoms with Gasteiger partial charge in [0, 0.05) is 12.3 Å². The molecule has 0 radical (unpaired) electrons. The van der Waals surface area contributed by atoms with Crippen LogP contribution in [0.3, 0.4) is 0 Å². The van der Waals surface area contributed by atoms with Gasteiger partial charge in [-0.3, -0.25) is 0 Å². The van der Waals surface area contributed by atoms with Gasteiger partial charge >= 0.3 is 0 Å². The molecule has 34 heavy (non-hydrogen) atoms. The van der Waals surface area contributed by atoms with Crippen LogP contribution in [0.5, 0.6) is 0 Å². The van der Waals surface area contributed by atoms with Gasteiger partial charge in [0.1, 0.15) is 0 Å². The molecule has 196 valence electrons. The molecule has 13 atom stereocenters. The maximum Gasteiger partial charge on any atom is 0.0883 e. The molecule has 4 rings (SSSR count). The highest BCUT2D eigenvalue weighted by Crippen LogP contribution is 2.69. The highest BCUT2D eigenvalue weighted by atomic mass is 16.3. The number of fused-ring (bicyclic) bond motifs is 5. The first-order valence-corrected chi connectivity index (χ1v) is 13.2. The van der Waals surface area contributed by atoms with Crippen LogP contribution in [-0.2, 0) is 0 Å². The molecule has 0 spiro atoms. The standard InChI is InChI=1S/C27H46O7/c1-15(6-5-9-24(2,33)14-28)20-21(31)22(32)23-26(20,4)11-8-19-25(3)10-7-16(29)12-17(25)18(30)13-27(19,23)34/h5-6,15-23,28-34H,7-14H2,1-4H3. The van der Waals surface area contributed by atoms with Gasteiger partial charge in [0.2, 0.25) is 0 Å². The molecule has 0 saturated heterocycles. The minimum atomic E-state index is -1.29. The number of aliphatic hydroxyl groups excluding tert-OH is 5. The molecule has 4 aliphatic rings. The van der Waals surface area contributed by atoms with Gasteiger partial charge < -0.3 is 35.7 Å². The Kier molecular flexibility index (Phi) is 6.86. The summed E-state index contributed by atoms with van der Waals surface area (Å²) in [5, 5.41) is 75.7. The lowest BCUT2D eigenvalue weighted by Crippen LogP contribution is -2.68. The molecule has 0 bridgehead atoms. The van der Waals surface area contributed by atoms with Crippen molar-refractivity contribution in [1.29, 1.82) is 0 Å². The molecular weight excluding hydrogens is 436 g/mol. The lowest BCUT2D eigenvalue weighted by molar-refractivity contribution is -0.263. The Morgan fingerprint density at radius 2 is 1.68 bits per heavy atom. The van der Waals surface area contributed by atoms with Crippen LogP contribution in [0.15, 0.2) is 12.2 Å². The van der Waals surface area contributed by atoms with E-state index in [1.807, 2.05) is 19.1 Å². The molecule has 7 heteroatoms. The Balaban J connectivity index is 1.64. The highest BCUT2D eigenvalue weighted by molar-refractivity contribution is 5.22. The minimum Gasteiger partial charge on any atom is -0.393 e. The smallest absolute Gasteiger partial charge is 0.0883 e. The van der Waals surface area contributed by atoms with Gasteiger partial charge in [0.05, 0.1) is 42.2 Å². The Labute approximate surface area is 203 Å². The lowest BCUT2D eigenvalue weighted by Gasteiger charge is -2.65. The molecule has 0 aromatic rings. The molecule has 0 aliphatic heterocycles. The Morgan fingerprint density at radius 1 is 1.03 bits per heavy atom. The van der Waals surface area contributed by atoms with Gasteiger partial charge in [-0.25, -0.2) is 0 Å². The Hall–Kier alpha value is -0.540. The monoisotopic (exact) mass is 482 g/mol. The summed E-state index contributed by atoms with van der Waals surface area (Å²) in [6.45, 7) is 7.41. The van der Waals surface area contributed by atoms with Crippen molar-refractivity contribution >= 4 is 0 Å². The molecule has 0 heterocycles. The van der Waals surface area contributed by atoms with E-state index in [-0.39, 0.29) is 48.5 Å². The van der Waals surface area contributed by atoms with E-state index in [1.54, 1.807) is 6.92 Å². The fraction of sp³-hybridized carbons (Fsp3) is 0.926. The largest absolute Gasteiger partial charge is 0.393 e. The van der Waals surface area contributed by atoms with Gasteiger partial charge in [0.25, 0.3) is 0 Å². The maximum absolute atomic E-state index is 12.3. The molecule has 7 N–H and O–H groups in total. The van der Waals surface area contributed by atoms with Crippen LogP contribution in [0.25, 0.3) is 0 Å². The number of hydrogen-bond acceptors (Lipinski definition) is 7. The second-order valence-electron chi connectivity index (χ2n) is 13.0.